The van der Waals surface area contributed by atoms with Crippen molar-refractivity contribution in [1.82, 2.24) is 5.32 Å². The molecule has 0 aliphatic heterocycles. The highest BCUT2D eigenvalue weighted by atomic mass is 35.5. The SMILES string of the molecule is COc1ccc([C@@H](C)N[C@@H](C)[C@H](O)c2ccccc2)cc1.Cl. The number of aliphatic hydroxyl groups is 1. The maximum absolute atomic E-state index is 10.4. The number of hydrogen-bond acceptors (Lipinski definition) is 3. The summed E-state index contributed by atoms with van der Waals surface area (Å²) in [5, 5.41) is 13.8. The van der Waals surface area contributed by atoms with Gasteiger partial charge in [0.15, 0.2) is 0 Å². The second kappa shape index (κ2) is 8.79. The molecule has 0 radical (unpaired) electrons. The molecule has 0 aliphatic rings. The first-order chi connectivity index (χ1) is 10.1. The summed E-state index contributed by atoms with van der Waals surface area (Å²) in [6.45, 7) is 4.09. The average molecular weight is 322 g/mol. The summed E-state index contributed by atoms with van der Waals surface area (Å²) in [6, 6.07) is 17.8. The Labute approximate surface area is 138 Å². The third kappa shape index (κ3) is 4.73. The first-order valence-electron chi connectivity index (χ1n) is 7.25. The zero-order valence-corrected chi connectivity index (χ0v) is 14.0. The van der Waals surface area contributed by atoms with Gasteiger partial charge < -0.3 is 15.2 Å². The Balaban J connectivity index is 0.00000242. The van der Waals surface area contributed by atoms with Gasteiger partial charge in [-0.2, -0.15) is 0 Å². The summed E-state index contributed by atoms with van der Waals surface area (Å²) in [7, 11) is 1.66. The molecule has 3 nitrogen and oxygen atoms in total. The molecule has 0 spiro atoms. The van der Waals surface area contributed by atoms with Crippen molar-refractivity contribution in [2.45, 2.75) is 32.0 Å². The number of aliphatic hydroxyl groups excluding tert-OH is 1. The minimum atomic E-state index is -0.521. The van der Waals surface area contributed by atoms with Crippen LogP contribution in [0.2, 0.25) is 0 Å². The van der Waals surface area contributed by atoms with Gasteiger partial charge >= 0.3 is 0 Å². The van der Waals surface area contributed by atoms with E-state index in [-0.39, 0.29) is 24.5 Å². The average Bonchev–Trinajstić information content (AvgIpc) is 2.55. The summed E-state index contributed by atoms with van der Waals surface area (Å²) < 4.78 is 5.17. The van der Waals surface area contributed by atoms with E-state index in [1.807, 2.05) is 61.5 Å². The molecule has 2 aromatic rings. The molecule has 0 saturated heterocycles. The predicted octanol–water partition coefficient (Wildman–Crippen LogP) is 3.89. The van der Waals surface area contributed by atoms with Gasteiger partial charge in [0.1, 0.15) is 5.75 Å². The zero-order valence-electron chi connectivity index (χ0n) is 13.2. The van der Waals surface area contributed by atoms with Crippen LogP contribution in [0.25, 0.3) is 0 Å². The van der Waals surface area contributed by atoms with E-state index >= 15 is 0 Å². The normalized spacial score (nSPS) is 14.5. The Morgan fingerprint density at radius 2 is 1.50 bits per heavy atom. The lowest BCUT2D eigenvalue weighted by Gasteiger charge is -2.25. The second-order valence-corrected chi connectivity index (χ2v) is 5.31. The summed E-state index contributed by atoms with van der Waals surface area (Å²) in [4.78, 5) is 0. The Morgan fingerprint density at radius 1 is 0.909 bits per heavy atom. The molecule has 3 atom stereocenters. The van der Waals surface area contributed by atoms with E-state index in [0.717, 1.165) is 11.3 Å². The molecule has 0 saturated carbocycles. The number of methoxy groups -OCH3 is 1. The quantitative estimate of drug-likeness (QED) is 0.848. The molecule has 0 heterocycles. The fourth-order valence-electron chi connectivity index (χ4n) is 2.41. The van der Waals surface area contributed by atoms with Gasteiger partial charge in [0.05, 0.1) is 13.2 Å². The van der Waals surface area contributed by atoms with Crippen molar-refractivity contribution >= 4 is 12.4 Å². The Morgan fingerprint density at radius 3 is 2.05 bits per heavy atom. The van der Waals surface area contributed by atoms with Gasteiger partial charge in [-0.25, -0.2) is 0 Å². The molecule has 2 rings (SSSR count). The van der Waals surface area contributed by atoms with Crippen LogP contribution in [-0.2, 0) is 0 Å². The lowest BCUT2D eigenvalue weighted by Crippen LogP contribution is -2.34. The molecule has 22 heavy (non-hydrogen) atoms. The van der Waals surface area contributed by atoms with E-state index < -0.39 is 6.10 Å². The summed E-state index contributed by atoms with van der Waals surface area (Å²) in [5.74, 6) is 0.850. The van der Waals surface area contributed by atoms with Crippen LogP contribution < -0.4 is 10.1 Å². The lowest BCUT2D eigenvalue weighted by atomic mass is 10.0. The van der Waals surface area contributed by atoms with E-state index in [1.165, 1.54) is 5.56 Å². The van der Waals surface area contributed by atoms with E-state index in [4.69, 9.17) is 4.74 Å². The van der Waals surface area contributed by atoms with Gasteiger partial charge in [-0.3, -0.25) is 0 Å². The standard InChI is InChI=1S/C18H23NO2.ClH/c1-13(15-9-11-17(21-3)12-10-15)19-14(2)18(20)16-7-5-4-6-8-16;/h4-14,18-20H,1-3H3;1H/t13-,14+,18+;/m1./s1. The number of ether oxygens (including phenoxy) is 1. The van der Waals surface area contributed by atoms with Crippen LogP contribution in [0.5, 0.6) is 5.75 Å². The smallest absolute Gasteiger partial charge is 0.118 e. The predicted molar refractivity (Wildman–Crippen MR) is 92.7 cm³/mol. The Kier molecular flexibility index (Phi) is 7.39. The second-order valence-electron chi connectivity index (χ2n) is 5.31. The third-order valence-electron chi connectivity index (χ3n) is 3.74. The molecular weight excluding hydrogens is 298 g/mol. The molecule has 0 fully saturated rings. The molecule has 0 bridgehead atoms. The summed E-state index contributed by atoms with van der Waals surface area (Å²) in [5.41, 5.74) is 2.10. The molecule has 0 aliphatic carbocycles. The van der Waals surface area contributed by atoms with E-state index in [0.29, 0.717) is 0 Å². The summed E-state index contributed by atoms with van der Waals surface area (Å²) in [6.07, 6.45) is -0.521. The van der Waals surface area contributed by atoms with Crippen molar-refractivity contribution in [3.63, 3.8) is 0 Å². The first-order valence-corrected chi connectivity index (χ1v) is 7.25. The van der Waals surface area contributed by atoms with E-state index in [1.54, 1.807) is 7.11 Å². The van der Waals surface area contributed by atoms with Crippen LogP contribution in [0, 0.1) is 0 Å². The highest BCUT2D eigenvalue weighted by Gasteiger charge is 2.18. The molecule has 2 N–H and O–H groups in total. The number of rotatable bonds is 6. The minimum absolute atomic E-state index is 0. The molecule has 120 valence electrons. The monoisotopic (exact) mass is 321 g/mol. The van der Waals surface area contributed by atoms with Crippen molar-refractivity contribution < 1.29 is 9.84 Å². The Hall–Kier alpha value is -1.55. The van der Waals surface area contributed by atoms with E-state index in [9.17, 15) is 5.11 Å². The highest BCUT2D eigenvalue weighted by Crippen LogP contribution is 2.21. The number of hydrogen-bond donors (Lipinski definition) is 2. The maximum Gasteiger partial charge on any atom is 0.118 e. The lowest BCUT2D eigenvalue weighted by molar-refractivity contribution is 0.130. The van der Waals surface area contributed by atoms with Crippen LogP contribution in [0.3, 0.4) is 0 Å². The van der Waals surface area contributed by atoms with Gasteiger partial charge in [-0.05, 0) is 37.1 Å². The van der Waals surface area contributed by atoms with Crippen molar-refractivity contribution in [3.05, 3.63) is 65.7 Å². The van der Waals surface area contributed by atoms with Crippen LogP contribution in [0.15, 0.2) is 54.6 Å². The van der Waals surface area contributed by atoms with Crippen molar-refractivity contribution in [3.8, 4) is 5.75 Å². The number of nitrogens with one attached hydrogen (secondary N) is 1. The highest BCUT2D eigenvalue weighted by molar-refractivity contribution is 5.85. The van der Waals surface area contributed by atoms with Gasteiger partial charge in [-0.1, -0.05) is 42.5 Å². The molecule has 0 unspecified atom stereocenters. The zero-order chi connectivity index (χ0) is 15.2. The Bertz CT molecular complexity index is 545. The topological polar surface area (TPSA) is 41.5 Å². The van der Waals surface area contributed by atoms with Gasteiger partial charge in [0.2, 0.25) is 0 Å². The fourth-order valence-corrected chi connectivity index (χ4v) is 2.41. The van der Waals surface area contributed by atoms with Crippen molar-refractivity contribution in [1.29, 1.82) is 0 Å². The largest absolute Gasteiger partial charge is 0.497 e. The van der Waals surface area contributed by atoms with Crippen molar-refractivity contribution in [2.24, 2.45) is 0 Å². The van der Waals surface area contributed by atoms with Gasteiger partial charge in [0.25, 0.3) is 0 Å². The third-order valence-corrected chi connectivity index (χ3v) is 3.74. The number of halogens is 1. The number of benzene rings is 2. The van der Waals surface area contributed by atoms with E-state index in [2.05, 4.69) is 12.2 Å². The minimum Gasteiger partial charge on any atom is -0.497 e. The molecule has 2 aromatic carbocycles. The van der Waals surface area contributed by atoms with Crippen molar-refractivity contribution in [2.75, 3.05) is 7.11 Å². The van der Waals surface area contributed by atoms with Crippen LogP contribution >= 0.6 is 12.4 Å². The molecular formula is C18H24ClNO2. The molecule has 0 amide bonds. The van der Waals surface area contributed by atoms with Crippen LogP contribution in [-0.4, -0.2) is 18.3 Å². The van der Waals surface area contributed by atoms with Gasteiger partial charge in [0, 0.05) is 12.1 Å². The van der Waals surface area contributed by atoms with Crippen LogP contribution in [0.4, 0.5) is 0 Å². The fraction of sp³-hybridized carbons (Fsp3) is 0.333. The molecule has 0 aromatic heterocycles. The molecule has 4 heteroatoms. The maximum atomic E-state index is 10.4. The van der Waals surface area contributed by atoms with Gasteiger partial charge in [-0.15, -0.1) is 12.4 Å². The first kappa shape index (κ1) is 18.5. The summed E-state index contributed by atoms with van der Waals surface area (Å²) >= 11 is 0. The van der Waals surface area contributed by atoms with Crippen LogP contribution in [0.1, 0.15) is 37.1 Å².